The first kappa shape index (κ1) is 10.9. The van der Waals surface area contributed by atoms with E-state index in [0.717, 1.165) is 10.0 Å². The summed E-state index contributed by atoms with van der Waals surface area (Å²) in [5, 5.41) is 0. The Morgan fingerprint density at radius 3 is 2.79 bits per heavy atom. The van der Waals surface area contributed by atoms with E-state index in [1.807, 2.05) is 6.92 Å². The first-order valence-corrected chi connectivity index (χ1v) is 4.75. The molecule has 1 heterocycles. The second kappa shape index (κ2) is 4.37. The summed E-state index contributed by atoms with van der Waals surface area (Å²) < 4.78 is 5.42. The fraction of sp³-hybridized carbons (Fsp3) is 0.200. The van der Waals surface area contributed by atoms with Gasteiger partial charge in [-0.05, 0) is 34.5 Å². The molecule has 4 heteroatoms. The van der Waals surface area contributed by atoms with Crippen molar-refractivity contribution in [3.63, 3.8) is 0 Å². The topological polar surface area (TPSA) is 39.2 Å². The van der Waals surface area contributed by atoms with Crippen molar-refractivity contribution in [3.8, 4) is 0 Å². The smallest absolute Gasteiger partial charge is 0.357 e. The lowest BCUT2D eigenvalue weighted by atomic mass is 10.1. The highest BCUT2D eigenvalue weighted by Gasteiger charge is 2.13. The van der Waals surface area contributed by atoms with Crippen molar-refractivity contribution in [3.05, 3.63) is 34.6 Å². The molecule has 0 amide bonds. The van der Waals surface area contributed by atoms with Crippen molar-refractivity contribution in [2.45, 2.75) is 6.92 Å². The molecule has 1 rings (SSSR count). The molecule has 74 valence electrons. The number of esters is 1. The third-order valence-electron chi connectivity index (χ3n) is 1.69. The predicted octanol–water partition coefficient (Wildman–Crippen LogP) is 2.66. The monoisotopic (exact) mass is 255 g/mol. The van der Waals surface area contributed by atoms with Gasteiger partial charge in [0.1, 0.15) is 0 Å². The lowest BCUT2D eigenvalue weighted by Gasteiger charge is -2.06. The van der Waals surface area contributed by atoms with Crippen LogP contribution in [0.15, 0.2) is 23.3 Å². The molecular formula is C10H10BrNO2. The summed E-state index contributed by atoms with van der Waals surface area (Å²) in [7, 11) is 1.33. The lowest BCUT2D eigenvalue weighted by molar-refractivity contribution is 0.0593. The van der Waals surface area contributed by atoms with Gasteiger partial charge in [-0.1, -0.05) is 6.58 Å². The first-order chi connectivity index (χ1) is 6.56. The van der Waals surface area contributed by atoms with Crippen LogP contribution in [0.2, 0.25) is 0 Å². The number of hydrogen-bond acceptors (Lipinski definition) is 3. The molecule has 0 unspecified atom stereocenters. The van der Waals surface area contributed by atoms with E-state index in [-0.39, 0.29) is 0 Å². The molecule has 0 bridgehead atoms. The number of halogens is 1. The second-order valence-electron chi connectivity index (χ2n) is 2.82. The Kier molecular flexibility index (Phi) is 3.41. The molecule has 0 saturated heterocycles. The molecule has 0 fully saturated rings. The fourth-order valence-corrected chi connectivity index (χ4v) is 1.36. The summed E-state index contributed by atoms with van der Waals surface area (Å²) in [6, 6.07) is 1.79. The molecule has 0 radical (unpaired) electrons. The average Bonchev–Trinajstić information content (AvgIpc) is 2.16. The minimum atomic E-state index is -0.449. The van der Waals surface area contributed by atoms with Crippen LogP contribution >= 0.6 is 15.9 Å². The quantitative estimate of drug-likeness (QED) is 0.763. The number of methoxy groups -OCH3 is 1. The van der Waals surface area contributed by atoms with Gasteiger partial charge in [0.05, 0.1) is 7.11 Å². The molecule has 0 aliphatic heterocycles. The molecular weight excluding hydrogens is 246 g/mol. The zero-order chi connectivity index (χ0) is 10.7. The number of rotatable bonds is 2. The van der Waals surface area contributed by atoms with Crippen LogP contribution in [0.3, 0.4) is 0 Å². The number of ether oxygens (including phenoxy) is 1. The molecule has 0 spiro atoms. The number of hydrogen-bond donors (Lipinski definition) is 0. The molecule has 0 N–H and O–H groups in total. The number of carbonyl (C=O) groups excluding carboxylic acids is 1. The Morgan fingerprint density at radius 2 is 2.29 bits per heavy atom. The van der Waals surface area contributed by atoms with Gasteiger partial charge in [-0.25, -0.2) is 9.78 Å². The zero-order valence-corrected chi connectivity index (χ0v) is 9.59. The van der Waals surface area contributed by atoms with Gasteiger partial charge in [-0.15, -0.1) is 0 Å². The van der Waals surface area contributed by atoms with Crippen molar-refractivity contribution in [1.29, 1.82) is 0 Å². The van der Waals surface area contributed by atoms with E-state index in [9.17, 15) is 4.79 Å². The molecule has 0 aromatic carbocycles. The van der Waals surface area contributed by atoms with Gasteiger partial charge in [-0.3, -0.25) is 0 Å². The Hall–Kier alpha value is -1.16. The van der Waals surface area contributed by atoms with Crippen LogP contribution in [0.25, 0.3) is 5.57 Å². The number of aromatic nitrogens is 1. The highest BCUT2D eigenvalue weighted by Crippen LogP contribution is 2.20. The van der Waals surface area contributed by atoms with Crippen LogP contribution in [0.1, 0.15) is 23.0 Å². The van der Waals surface area contributed by atoms with Crippen molar-refractivity contribution in [2.75, 3.05) is 7.11 Å². The Labute approximate surface area is 90.9 Å². The molecule has 1 aromatic heterocycles. The van der Waals surface area contributed by atoms with Gasteiger partial charge in [-0.2, -0.15) is 0 Å². The molecule has 14 heavy (non-hydrogen) atoms. The van der Waals surface area contributed by atoms with Crippen LogP contribution in [-0.2, 0) is 4.74 Å². The average molecular weight is 256 g/mol. The maximum atomic E-state index is 11.3. The minimum absolute atomic E-state index is 0.295. The van der Waals surface area contributed by atoms with Gasteiger partial charge in [0.2, 0.25) is 0 Å². The van der Waals surface area contributed by atoms with Crippen molar-refractivity contribution in [1.82, 2.24) is 4.98 Å². The second-order valence-corrected chi connectivity index (χ2v) is 3.74. The summed E-state index contributed by atoms with van der Waals surface area (Å²) in [5.74, 6) is -0.449. The summed E-state index contributed by atoms with van der Waals surface area (Å²) in [6.45, 7) is 5.59. The molecule has 0 saturated carbocycles. The highest BCUT2D eigenvalue weighted by atomic mass is 79.9. The zero-order valence-electron chi connectivity index (χ0n) is 8.00. The molecule has 3 nitrogen and oxygen atoms in total. The summed E-state index contributed by atoms with van der Waals surface area (Å²) in [6.07, 6.45) is 1.55. The number of pyridine rings is 1. The van der Waals surface area contributed by atoms with E-state index in [0.29, 0.717) is 11.3 Å². The van der Waals surface area contributed by atoms with Crippen molar-refractivity contribution < 1.29 is 9.53 Å². The molecule has 1 aromatic rings. The van der Waals surface area contributed by atoms with E-state index in [1.54, 1.807) is 12.3 Å². The minimum Gasteiger partial charge on any atom is -0.464 e. The Morgan fingerprint density at radius 1 is 1.64 bits per heavy atom. The van der Waals surface area contributed by atoms with Crippen LogP contribution in [0.5, 0.6) is 0 Å². The van der Waals surface area contributed by atoms with E-state index in [4.69, 9.17) is 0 Å². The fourth-order valence-electron chi connectivity index (χ4n) is 1.02. The third-order valence-corrected chi connectivity index (χ3v) is 2.13. The van der Waals surface area contributed by atoms with Crippen LogP contribution < -0.4 is 0 Å². The molecule has 0 aliphatic rings. The van der Waals surface area contributed by atoms with Gasteiger partial charge < -0.3 is 4.74 Å². The highest BCUT2D eigenvalue weighted by molar-refractivity contribution is 9.10. The lowest BCUT2D eigenvalue weighted by Crippen LogP contribution is -2.07. The van der Waals surface area contributed by atoms with E-state index >= 15 is 0 Å². The van der Waals surface area contributed by atoms with E-state index in [2.05, 4.69) is 32.2 Å². The van der Waals surface area contributed by atoms with Gasteiger partial charge >= 0.3 is 5.97 Å². The summed E-state index contributed by atoms with van der Waals surface area (Å²) in [4.78, 5) is 15.3. The van der Waals surface area contributed by atoms with Crippen LogP contribution in [-0.4, -0.2) is 18.1 Å². The van der Waals surface area contributed by atoms with E-state index in [1.165, 1.54) is 7.11 Å². The van der Waals surface area contributed by atoms with Gasteiger partial charge in [0, 0.05) is 16.2 Å². The number of nitrogens with zero attached hydrogens (tertiary/aromatic N) is 1. The first-order valence-electron chi connectivity index (χ1n) is 3.96. The molecule has 0 aliphatic carbocycles. The summed E-state index contributed by atoms with van der Waals surface area (Å²) in [5.41, 5.74) is 1.77. The largest absolute Gasteiger partial charge is 0.464 e. The van der Waals surface area contributed by atoms with E-state index < -0.39 is 5.97 Å². The van der Waals surface area contributed by atoms with Crippen LogP contribution in [0.4, 0.5) is 0 Å². The maximum Gasteiger partial charge on any atom is 0.357 e. The standard InChI is InChI=1S/C10H10BrNO2/c1-6(2)8-4-7(11)5-12-9(8)10(13)14-3/h4-5H,1H2,2-3H3. The maximum absolute atomic E-state index is 11.3. The SMILES string of the molecule is C=C(C)c1cc(Br)cnc1C(=O)OC. The predicted molar refractivity (Wildman–Crippen MR) is 58.0 cm³/mol. The van der Waals surface area contributed by atoms with Gasteiger partial charge in [0.15, 0.2) is 5.69 Å². The van der Waals surface area contributed by atoms with Crippen molar-refractivity contribution in [2.24, 2.45) is 0 Å². The number of allylic oxidation sites excluding steroid dienone is 1. The normalized spacial score (nSPS) is 9.64. The molecule has 0 atom stereocenters. The Balaban J connectivity index is 3.28. The Bertz CT molecular complexity index is 388. The summed E-state index contributed by atoms with van der Waals surface area (Å²) >= 11 is 3.28. The van der Waals surface area contributed by atoms with Crippen molar-refractivity contribution >= 4 is 27.5 Å². The number of carbonyl (C=O) groups is 1. The third kappa shape index (κ3) is 2.20. The van der Waals surface area contributed by atoms with Gasteiger partial charge in [0.25, 0.3) is 0 Å². The van der Waals surface area contributed by atoms with Crippen LogP contribution in [0, 0.1) is 0 Å².